The Morgan fingerprint density at radius 1 is 1.50 bits per heavy atom. The Morgan fingerprint density at radius 3 is 2.95 bits per heavy atom. The summed E-state index contributed by atoms with van der Waals surface area (Å²) in [5.41, 5.74) is 7.67. The second kappa shape index (κ2) is 7.55. The summed E-state index contributed by atoms with van der Waals surface area (Å²) in [7, 11) is 0. The van der Waals surface area contributed by atoms with E-state index < -0.39 is 0 Å². The van der Waals surface area contributed by atoms with Crippen LogP contribution in [0.2, 0.25) is 0 Å². The maximum atomic E-state index is 9.44. The minimum Gasteiger partial charge on any atom is -0.396 e. The summed E-state index contributed by atoms with van der Waals surface area (Å²) in [5, 5.41) is 9.44. The lowest BCUT2D eigenvalue weighted by Gasteiger charge is -2.40. The van der Waals surface area contributed by atoms with Crippen LogP contribution < -0.4 is 5.73 Å². The zero-order valence-electron chi connectivity index (χ0n) is 12.1. The molecule has 1 aliphatic rings. The van der Waals surface area contributed by atoms with E-state index in [0.29, 0.717) is 5.92 Å². The first kappa shape index (κ1) is 16.0. The number of piperidine rings is 1. The molecule has 0 saturated carbocycles. The zero-order valence-corrected chi connectivity index (χ0v) is 13.7. The average Bonchev–Trinajstić information content (AvgIpc) is 2.47. The highest BCUT2D eigenvalue weighted by Gasteiger charge is 2.30. The fraction of sp³-hybridized carbons (Fsp3) is 0.625. The van der Waals surface area contributed by atoms with E-state index >= 15 is 0 Å². The van der Waals surface area contributed by atoms with Gasteiger partial charge in [0.15, 0.2) is 0 Å². The van der Waals surface area contributed by atoms with Gasteiger partial charge in [0.25, 0.3) is 0 Å². The van der Waals surface area contributed by atoms with Crippen LogP contribution in [-0.2, 0) is 0 Å². The van der Waals surface area contributed by atoms with Gasteiger partial charge in [-0.1, -0.05) is 35.0 Å². The van der Waals surface area contributed by atoms with Gasteiger partial charge in [-0.05, 0) is 49.4 Å². The third-order valence-electron chi connectivity index (χ3n) is 4.27. The summed E-state index contributed by atoms with van der Waals surface area (Å²) < 4.78 is 1.10. The molecule has 1 aliphatic heterocycles. The second-order valence-electron chi connectivity index (χ2n) is 5.76. The molecule has 3 nitrogen and oxygen atoms in total. The molecule has 1 aromatic rings. The van der Waals surface area contributed by atoms with Gasteiger partial charge in [0.1, 0.15) is 0 Å². The van der Waals surface area contributed by atoms with Crippen molar-refractivity contribution in [3.63, 3.8) is 0 Å². The molecule has 1 saturated heterocycles. The highest BCUT2D eigenvalue weighted by Crippen LogP contribution is 2.31. The summed E-state index contributed by atoms with van der Waals surface area (Å²) in [6.45, 7) is 4.44. The number of aliphatic hydroxyl groups excluding tert-OH is 1. The van der Waals surface area contributed by atoms with Gasteiger partial charge in [-0.25, -0.2) is 0 Å². The Bertz CT molecular complexity index is 427. The van der Waals surface area contributed by atoms with Gasteiger partial charge in [-0.15, -0.1) is 0 Å². The van der Waals surface area contributed by atoms with E-state index in [1.165, 1.54) is 5.56 Å². The van der Waals surface area contributed by atoms with E-state index in [-0.39, 0.29) is 18.7 Å². The molecule has 3 atom stereocenters. The van der Waals surface area contributed by atoms with Crippen LogP contribution in [0.25, 0.3) is 0 Å². The monoisotopic (exact) mass is 340 g/mol. The molecule has 112 valence electrons. The van der Waals surface area contributed by atoms with Gasteiger partial charge < -0.3 is 10.8 Å². The number of nitrogens with zero attached hydrogens (tertiary/aromatic N) is 1. The van der Waals surface area contributed by atoms with Crippen LogP contribution in [0.3, 0.4) is 0 Å². The van der Waals surface area contributed by atoms with E-state index in [0.717, 1.165) is 36.8 Å². The number of benzene rings is 1. The average molecular weight is 341 g/mol. The molecule has 0 spiro atoms. The summed E-state index contributed by atoms with van der Waals surface area (Å²) in [6.07, 6.45) is 3.23. The van der Waals surface area contributed by atoms with Crippen molar-refractivity contribution >= 4 is 15.9 Å². The Balaban J connectivity index is 2.23. The van der Waals surface area contributed by atoms with Crippen molar-refractivity contribution in [2.75, 3.05) is 19.7 Å². The molecule has 1 heterocycles. The highest BCUT2D eigenvalue weighted by molar-refractivity contribution is 9.10. The number of aliphatic hydroxyl groups is 1. The Morgan fingerprint density at radius 2 is 2.30 bits per heavy atom. The van der Waals surface area contributed by atoms with Gasteiger partial charge in [-0.2, -0.15) is 0 Å². The van der Waals surface area contributed by atoms with Crippen LogP contribution in [0.1, 0.15) is 37.8 Å². The van der Waals surface area contributed by atoms with Crippen LogP contribution in [0.5, 0.6) is 0 Å². The molecule has 2 rings (SSSR count). The molecule has 4 heteroatoms. The first-order chi connectivity index (χ1) is 9.65. The molecule has 0 radical (unpaired) electrons. The smallest absolute Gasteiger partial charge is 0.0499 e. The molecular weight excluding hydrogens is 316 g/mol. The van der Waals surface area contributed by atoms with Crippen molar-refractivity contribution in [2.24, 2.45) is 11.7 Å². The molecule has 1 aromatic carbocycles. The molecular formula is C16H25BrN2O. The van der Waals surface area contributed by atoms with Crippen LogP contribution >= 0.6 is 15.9 Å². The standard InChI is InChI=1S/C16H25BrN2O/c1-2-15(18)16(13-6-3-7-14(17)9-13)19-8-4-5-12(10-19)11-20/h3,6-7,9,12,15-16,20H,2,4-5,8,10-11,18H2,1H3. The first-order valence-electron chi connectivity index (χ1n) is 7.51. The molecule has 1 fully saturated rings. The Kier molecular flexibility index (Phi) is 6.02. The lowest BCUT2D eigenvalue weighted by atomic mass is 9.91. The number of nitrogens with two attached hydrogens (primary N) is 1. The maximum Gasteiger partial charge on any atom is 0.0499 e. The summed E-state index contributed by atoms with van der Waals surface area (Å²) in [4.78, 5) is 2.46. The fourth-order valence-electron chi connectivity index (χ4n) is 3.14. The SMILES string of the molecule is CCC(N)C(c1cccc(Br)c1)N1CCCC(CO)C1. The summed E-state index contributed by atoms with van der Waals surface area (Å²) >= 11 is 3.55. The molecule has 3 N–H and O–H groups in total. The predicted molar refractivity (Wildman–Crippen MR) is 86.5 cm³/mol. The predicted octanol–water partition coefficient (Wildman–Crippen LogP) is 2.93. The number of likely N-dealkylation sites (tertiary alicyclic amines) is 1. The molecule has 3 unspecified atom stereocenters. The second-order valence-corrected chi connectivity index (χ2v) is 6.67. The summed E-state index contributed by atoms with van der Waals surface area (Å²) in [6, 6.07) is 8.82. The van der Waals surface area contributed by atoms with E-state index in [4.69, 9.17) is 5.73 Å². The Labute approximate surface area is 130 Å². The lowest BCUT2D eigenvalue weighted by Crippen LogP contribution is -2.46. The molecule has 0 bridgehead atoms. The molecule has 0 aromatic heterocycles. The maximum absolute atomic E-state index is 9.44. The van der Waals surface area contributed by atoms with Crippen LogP contribution in [0.4, 0.5) is 0 Å². The first-order valence-corrected chi connectivity index (χ1v) is 8.31. The van der Waals surface area contributed by atoms with Gasteiger partial charge >= 0.3 is 0 Å². The quantitative estimate of drug-likeness (QED) is 0.866. The fourth-order valence-corrected chi connectivity index (χ4v) is 3.56. The number of rotatable bonds is 5. The number of hydrogen-bond donors (Lipinski definition) is 2. The minimum atomic E-state index is 0.127. The van der Waals surface area contributed by atoms with Crippen molar-refractivity contribution < 1.29 is 5.11 Å². The topological polar surface area (TPSA) is 49.5 Å². The normalized spacial score (nSPS) is 23.5. The van der Waals surface area contributed by atoms with Gasteiger partial charge in [0, 0.05) is 29.7 Å². The van der Waals surface area contributed by atoms with Crippen LogP contribution in [0, 0.1) is 5.92 Å². The largest absolute Gasteiger partial charge is 0.396 e. The number of halogens is 1. The van der Waals surface area contributed by atoms with Gasteiger partial charge in [0.2, 0.25) is 0 Å². The van der Waals surface area contributed by atoms with Gasteiger partial charge in [0.05, 0.1) is 0 Å². The van der Waals surface area contributed by atoms with Gasteiger partial charge in [-0.3, -0.25) is 4.90 Å². The third-order valence-corrected chi connectivity index (χ3v) is 4.76. The lowest BCUT2D eigenvalue weighted by molar-refractivity contribution is 0.0763. The minimum absolute atomic E-state index is 0.127. The third kappa shape index (κ3) is 3.82. The van der Waals surface area contributed by atoms with Crippen LogP contribution in [0.15, 0.2) is 28.7 Å². The van der Waals surface area contributed by atoms with Crippen LogP contribution in [-0.4, -0.2) is 35.7 Å². The summed E-state index contributed by atoms with van der Waals surface area (Å²) in [5.74, 6) is 0.391. The number of hydrogen-bond acceptors (Lipinski definition) is 3. The van der Waals surface area contributed by atoms with Crippen molar-refractivity contribution in [3.05, 3.63) is 34.3 Å². The van der Waals surface area contributed by atoms with Crippen molar-refractivity contribution in [1.29, 1.82) is 0 Å². The van der Waals surface area contributed by atoms with Crippen molar-refractivity contribution in [2.45, 2.75) is 38.3 Å². The van der Waals surface area contributed by atoms with E-state index in [1.807, 2.05) is 6.07 Å². The highest BCUT2D eigenvalue weighted by atomic mass is 79.9. The van der Waals surface area contributed by atoms with E-state index in [1.54, 1.807) is 0 Å². The van der Waals surface area contributed by atoms with Crippen molar-refractivity contribution in [3.8, 4) is 0 Å². The Hall–Kier alpha value is -0.420. The molecule has 0 amide bonds. The van der Waals surface area contributed by atoms with E-state index in [2.05, 4.69) is 46.0 Å². The zero-order chi connectivity index (χ0) is 14.5. The van der Waals surface area contributed by atoms with Crippen molar-refractivity contribution in [1.82, 2.24) is 4.90 Å². The molecule has 20 heavy (non-hydrogen) atoms. The molecule has 0 aliphatic carbocycles. The van der Waals surface area contributed by atoms with E-state index in [9.17, 15) is 5.11 Å².